The number of rotatable bonds is 9. The van der Waals surface area contributed by atoms with E-state index in [1.54, 1.807) is 24.3 Å². The molecular weight excluding hydrogens is 326 g/mol. The van der Waals surface area contributed by atoms with Crippen molar-refractivity contribution in [1.82, 2.24) is 10.6 Å². The minimum Gasteiger partial charge on any atom is -0.350 e. The van der Waals surface area contributed by atoms with Crippen molar-refractivity contribution in [2.75, 3.05) is 19.6 Å². The Kier molecular flexibility index (Phi) is 7.83. The van der Waals surface area contributed by atoms with Crippen molar-refractivity contribution in [3.8, 4) is 0 Å². The number of carbonyl (C=O) groups is 2. The quantitative estimate of drug-likeness (QED) is 0.633. The first kappa shape index (κ1) is 19.7. The van der Waals surface area contributed by atoms with Gasteiger partial charge < -0.3 is 15.5 Å². The molecule has 138 valence electrons. The van der Waals surface area contributed by atoms with Gasteiger partial charge in [-0.3, -0.25) is 9.59 Å². The summed E-state index contributed by atoms with van der Waals surface area (Å²) in [5.74, 6) is -0.439. The Balaban J connectivity index is 1.84. The molecule has 5 heteroatoms. The highest BCUT2D eigenvalue weighted by Crippen LogP contribution is 2.07. The van der Waals surface area contributed by atoms with Crippen LogP contribution < -0.4 is 15.5 Å². The van der Waals surface area contributed by atoms with E-state index in [9.17, 15) is 9.59 Å². The molecule has 0 atom stereocenters. The van der Waals surface area contributed by atoms with Gasteiger partial charge in [-0.25, -0.2) is 0 Å². The number of benzene rings is 2. The lowest BCUT2D eigenvalue weighted by Crippen LogP contribution is -3.10. The maximum absolute atomic E-state index is 12.1. The van der Waals surface area contributed by atoms with Crippen LogP contribution in [0, 0.1) is 0 Å². The summed E-state index contributed by atoms with van der Waals surface area (Å²) in [5, 5.41) is 5.54. The molecule has 0 aliphatic rings. The first-order chi connectivity index (χ1) is 12.6. The van der Waals surface area contributed by atoms with Gasteiger partial charge in [0.1, 0.15) is 6.54 Å². The van der Waals surface area contributed by atoms with Crippen LogP contribution in [0.4, 0.5) is 0 Å². The fourth-order valence-corrected chi connectivity index (χ4v) is 2.78. The van der Waals surface area contributed by atoms with Gasteiger partial charge in [0.05, 0.1) is 19.6 Å². The van der Waals surface area contributed by atoms with Gasteiger partial charge in [0, 0.05) is 17.7 Å². The SMILES string of the molecule is CC[NH+](CC)Cc1ccccc1CNC(=O)CNC(=O)c1ccccc1. The van der Waals surface area contributed by atoms with Crippen LogP contribution in [0.5, 0.6) is 0 Å². The van der Waals surface area contributed by atoms with Crippen LogP contribution in [0.2, 0.25) is 0 Å². The van der Waals surface area contributed by atoms with Gasteiger partial charge in [-0.15, -0.1) is 0 Å². The zero-order valence-corrected chi connectivity index (χ0v) is 15.5. The Labute approximate surface area is 155 Å². The molecule has 2 aromatic carbocycles. The molecule has 0 aromatic heterocycles. The number of hydrogen-bond donors (Lipinski definition) is 3. The predicted octanol–water partition coefficient (Wildman–Crippen LogP) is 1.16. The van der Waals surface area contributed by atoms with Crippen LogP contribution >= 0.6 is 0 Å². The monoisotopic (exact) mass is 354 g/mol. The molecule has 3 N–H and O–H groups in total. The van der Waals surface area contributed by atoms with Gasteiger partial charge in [-0.05, 0) is 31.5 Å². The Morgan fingerprint density at radius 2 is 1.46 bits per heavy atom. The molecular formula is C21H28N3O2+. The van der Waals surface area contributed by atoms with Crippen LogP contribution in [-0.2, 0) is 17.9 Å². The molecule has 2 rings (SSSR count). The Hall–Kier alpha value is -2.66. The highest BCUT2D eigenvalue weighted by atomic mass is 16.2. The smallest absolute Gasteiger partial charge is 0.251 e. The predicted molar refractivity (Wildman–Crippen MR) is 103 cm³/mol. The highest BCUT2D eigenvalue weighted by Gasteiger charge is 2.11. The summed E-state index contributed by atoms with van der Waals surface area (Å²) in [6, 6.07) is 17.1. The fraction of sp³-hybridized carbons (Fsp3) is 0.333. The van der Waals surface area contributed by atoms with Crippen molar-refractivity contribution in [2.45, 2.75) is 26.9 Å². The lowest BCUT2D eigenvalue weighted by Gasteiger charge is -2.18. The van der Waals surface area contributed by atoms with Crippen LogP contribution in [0.1, 0.15) is 35.3 Å². The van der Waals surface area contributed by atoms with E-state index >= 15 is 0 Å². The number of amides is 2. The lowest BCUT2D eigenvalue weighted by atomic mass is 10.1. The molecule has 2 aromatic rings. The van der Waals surface area contributed by atoms with Crippen LogP contribution in [0.15, 0.2) is 54.6 Å². The van der Waals surface area contributed by atoms with Gasteiger partial charge in [-0.1, -0.05) is 42.5 Å². The van der Waals surface area contributed by atoms with E-state index in [4.69, 9.17) is 0 Å². The molecule has 26 heavy (non-hydrogen) atoms. The second-order valence-corrected chi connectivity index (χ2v) is 6.23. The summed E-state index contributed by atoms with van der Waals surface area (Å²) in [6.45, 7) is 7.89. The molecule has 0 fully saturated rings. The van der Waals surface area contributed by atoms with E-state index in [2.05, 4.69) is 30.5 Å². The van der Waals surface area contributed by atoms with Crippen molar-refractivity contribution in [1.29, 1.82) is 0 Å². The minimum atomic E-state index is -0.244. The molecule has 0 spiro atoms. The molecule has 0 unspecified atom stereocenters. The topological polar surface area (TPSA) is 62.6 Å². The van der Waals surface area contributed by atoms with Crippen molar-refractivity contribution in [3.63, 3.8) is 0 Å². The summed E-state index contributed by atoms with van der Waals surface area (Å²) in [7, 11) is 0. The van der Waals surface area contributed by atoms with E-state index in [0.717, 1.165) is 25.2 Å². The standard InChI is InChI=1S/C21H27N3O2/c1-3-24(4-2)16-19-13-9-8-12-18(19)14-22-20(25)15-23-21(26)17-10-6-5-7-11-17/h5-13H,3-4,14-16H2,1-2H3,(H,22,25)(H,23,26)/p+1. The van der Waals surface area contributed by atoms with Crippen LogP contribution in [-0.4, -0.2) is 31.4 Å². The Morgan fingerprint density at radius 1 is 0.846 bits per heavy atom. The van der Waals surface area contributed by atoms with Crippen molar-refractivity contribution in [3.05, 3.63) is 71.3 Å². The summed E-state index contributed by atoms with van der Waals surface area (Å²) in [5.41, 5.74) is 2.92. The van der Waals surface area contributed by atoms with Gasteiger partial charge in [0.15, 0.2) is 0 Å². The first-order valence-electron chi connectivity index (χ1n) is 9.14. The normalized spacial score (nSPS) is 10.6. The van der Waals surface area contributed by atoms with Crippen molar-refractivity contribution < 1.29 is 14.5 Å². The largest absolute Gasteiger partial charge is 0.350 e. The van der Waals surface area contributed by atoms with E-state index in [1.807, 2.05) is 24.3 Å². The van der Waals surface area contributed by atoms with Gasteiger partial charge in [0.25, 0.3) is 5.91 Å². The molecule has 0 aliphatic heterocycles. The molecule has 0 radical (unpaired) electrons. The summed E-state index contributed by atoms with van der Waals surface area (Å²) >= 11 is 0. The van der Waals surface area contributed by atoms with Gasteiger partial charge in [-0.2, -0.15) is 0 Å². The molecule has 5 nitrogen and oxygen atoms in total. The average Bonchev–Trinajstić information content (AvgIpc) is 2.70. The van der Waals surface area contributed by atoms with E-state index in [1.165, 1.54) is 10.5 Å². The first-order valence-corrected chi connectivity index (χ1v) is 9.14. The molecule has 0 bridgehead atoms. The van der Waals surface area contributed by atoms with Gasteiger partial charge >= 0.3 is 0 Å². The summed E-state index contributed by atoms with van der Waals surface area (Å²) in [6.07, 6.45) is 0. The van der Waals surface area contributed by atoms with Gasteiger partial charge in [0.2, 0.25) is 5.91 Å². The third-order valence-electron chi connectivity index (χ3n) is 4.48. The van der Waals surface area contributed by atoms with E-state index < -0.39 is 0 Å². The van der Waals surface area contributed by atoms with Crippen molar-refractivity contribution in [2.24, 2.45) is 0 Å². The maximum atomic E-state index is 12.1. The van der Waals surface area contributed by atoms with Crippen LogP contribution in [0.25, 0.3) is 0 Å². The van der Waals surface area contributed by atoms with E-state index in [-0.39, 0.29) is 18.4 Å². The second kappa shape index (κ2) is 10.4. The van der Waals surface area contributed by atoms with Crippen LogP contribution in [0.3, 0.4) is 0 Å². The molecule has 0 saturated carbocycles. The number of carbonyl (C=O) groups excluding carboxylic acids is 2. The third-order valence-corrected chi connectivity index (χ3v) is 4.48. The summed E-state index contributed by atoms with van der Waals surface area (Å²) in [4.78, 5) is 25.5. The van der Waals surface area contributed by atoms with E-state index in [0.29, 0.717) is 12.1 Å². The third kappa shape index (κ3) is 6.01. The highest BCUT2D eigenvalue weighted by molar-refractivity contribution is 5.96. The zero-order chi connectivity index (χ0) is 18.8. The summed E-state index contributed by atoms with van der Waals surface area (Å²) < 4.78 is 0. The average molecular weight is 354 g/mol. The van der Waals surface area contributed by atoms with Crippen molar-refractivity contribution >= 4 is 11.8 Å². The lowest BCUT2D eigenvalue weighted by molar-refractivity contribution is -0.910. The Morgan fingerprint density at radius 3 is 2.12 bits per heavy atom. The number of hydrogen-bond acceptors (Lipinski definition) is 2. The molecule has 0 aliphatic carbocycles. The molecule has 2 amide bonds. The minimum absolute atomic E-state index is 0.0306. The number of nitrogens with one attached hydrogen (secondary N) is 3. The Bertz CT molecular complexity index is 712. The molecule has 0 heterocycles. The molecule has 0 saturated heterocycles. The maximum Gasteiger partial charge on any atom is 0.251 e. The number of quaternary nitrogens is 1. The second-order valence-electron chi connectivity index (χ2n) is 6.23. The zero-order valence-electron chi connectivity index (χ0n) is 15.5. The fourth-order valence-electron chi connectivity index (χ4n) is 2.78.